The average molecular weight is 148 g/mol. The molecule has 0 aromatic heterocycles. The molecule has 2 nitrogen and oxygen atoms in total. The zero-order chi connectivity index (χ0) is 7.68. The van der Waals surface area contributed by atoms with Crippen LogP contribution in [0, 0.1) is 0 Å². The van der Waals surface area contributed by atoms with Crippen molar-refractivity contribution in [3.8, 4) is 17.1 Å². The maximum Gasteiger partial charge on any atom is 0.292 e. The summed E-state index contributed by atoms with van der Waals surface area (Å²) in [5, 5.41) is 0. The van der Waals surface area contributed by atoms with Gasteiger partial charge in [0.05, 0.1) is 18.9 Å². The van der Waals surface area contributed by atoms with Crippen molar-refractivity contribution >= 4 is 0 Å². The fourth-order valence-electron chi connectivity index (χ4n) is 1.16. The summed E-state index contributed by atoms with van der Waals surface area (Å²) >= 11 is 0. The second kappa shape index (κ2) is 2.31. The number of ether oxygens (including phenoxy) is 1. The van der Waals surface area contributed by atoms with Gasteiger partial charge >= 0.3 is 0 Å². The number of hydrogen-bond acceptors (Lipinski definition) is 2. The molecule has 0 N–H and O–H groups in total. The summed E-state index contributed by atoms with van der Waals surface area (Å²) in [6.07, 6.45) is 1.63. The molecular formula is C9H8O2. The molecule has 0 aromatic carbocycles. The molecule has 1 heterocycles. The maximum absolute atomic E-state index is 5.13. The Kier molecular flexibility index (Phi) is 1.32. The molecule has 0 saturated heterocycles. The Morgan fingerprint density at radius 1 is 1.27 bits per heavy atom. The van der Waals surface area contributed by atoms with E-state index in [9.17, 15) is 0 Å². The van der Waals surface area contributed by atoms with Crippen molar-refractivity contribution in [2.75, 3.05) is 7.11 Å². The van der Waals surface area contributed by atoms with Gasteiger partial charge in [-0.3, -0.25) is 0 Å². The molecule has 0 bridgehead atoms. The first-order valence-electron chi connectivity index (χ1n) is 3.42. The van der Waals surface area contributed by atoms with Gasteiger partial charge in [-0.15, -0.1) is 0 Å². The third-order valence-corrected chi connectivity index (χ3v) is 1.68. The van der Waals surface area contributed by atoms with Gasteiger partial charge in [-0.1, -0.05) is 12.1 Å². The highest BCUT2D eigenvalue weighted by atomic mass is 16.6. The topological polar surface area (TPSA) is 22.4 Å². The van der Waals surface area contributed by atoms with Crippen LogP contribution in [0.5, 0.6) is 5.95 Å². The number of rotatable bonds is 1. The van der Waals surface area contributed by atoms with Gasteiger partial charge < -0.3 is 9.15 Å². The lowest BCUT2D eigenvalue weighted by atomic mass is 10.2. The van der Waals surface area contributed by atoms with Crippen molar-refractivity contribution in [3.05, 3.63) is 30.5 Å². The Balaban J connectivity index is 2.66. The lowest BCUT2D eigenvalue weighted by molar-refractivity contribution is 0.299. The van der Waals surface area contributed by atoms with E-state index in [-0.39, 0.29) is 0 Å². The van der Waals surface area contributed by atoms with Crippen molar-refractivity contribution in [2.24, 2.45) is 0 Å². The van der Waals surface area contributed by atoms with E-state index in [1.165, 1.54) is 0 Å². The molecule has 2 heteroatoms. The zero-order valence-corrected chi connectivity index (χ0v) is 6.20. The molecule has 2 aliphatic rings. The zero-order valence-electron chi connectivity index (χ0n) is 6.20. The van der Waals surface area contributed by atoms with Crippen molar-refractivity contribution in [1.29, 1.82) is 0 Å². The molecule has 0 spiro atoms. The van der Waals surface area contributed by atoms with E-state index in [2.05, 4.69) is 0 Å². The van der Waals surface area contributed by atoms with Crippen LogP contribution in [-0.2, 0) is 0 Å². The van der Waals surface area contributed by atoms with Crippen LogP contribution in [-0.4, -0.2) is 7.11 Å². The van der Waals surface area contributed by atoms with Crippen LogP contribution in [0.4, 0.5) is 0 Å². The normalized spacial score (nSPS) is 10.3. The summed E-state index contributed by atoms with van der Waals surface area (Å²) in [6, 6.07) is 7.88. The molecule has 0 saturated carbocycles. The molecule has 1 aliphatic carbocycles. The number of hydrogen-bond donors (Lipinski definition) is 0. The van der Waals surface area contributed by atoms with E-state index < -0.39 is 0 Å². The molecule has 0 unspecified atom stereocenters. The summed E-state index contributed by atoms with van der Waals surface area (Å²) in [6.45, 7) is 0. The Bertz CT molecular complexity index is 324. The minimum absolute atomic E-state index is 0.576. The van der Waals surface area contributed by atoms with Crippen molar-refractivity contribution < 1.29 is 9.15 Å². The summed E-state index contributed by atoms with van der Waals surface area (Å²) in [4.78, 5) is 0. The van der Waals surface area contributed by atoms with Crippen LogP contribution in [0.3, 0.4) is 0 Å². The summed E-state index contributed by atoms with van der Waals surface area (Å²) in [7, 11) is 1.60. The van der Waals surface area contributed by atoms with Gasteiger partial charge in [0.15, 0.2) is 0 Å². The van der Waals surface area contributed by atoms with E-state index in [0.717, 1.165) is 11.1 Å². The van der Waals surface area contributed by atoms with E-state index in [1.54, 1.807) is 13.4 Å². The Morgan fingerprint density at radius 3 is 3.00 bits per heavy atom. The molecule has 0 amide bonds. The lowest BCUT2D eigenvalue weighted by Crippen LogP contribution is -1.84. The minimum Gasteiger partial charge on any atom is -0.468 e. The molecule has 0 radical (unpaired) electrons. The predicted molar refractivity (Wildman–Crippen MR) is 41.9 cm³/mol. The molecule has 0 fully saturated rings. The molecule has 0 aromatic rings. The third kappa shape index (κ3) is 0.871. The van der Waals surface area contributed by atoms with Crippen molar-refractivity contribution in [2.45, 2.75) is 0 Å². The van der Waals surface area contributed by atoms with E-state index >= 15 is 0 Å². The fraction of sp³-hybridized carbons (Fsp3) is 0.111. The van der Waals surface area contributed by atoms with Crippen LogP contribution < -0.4 is 4.74 Å². The maximum atomic E-state index is 5.13. The highest BCUT2D eigenvalue weighted by Gasteiger charge is 2.08. The first-order valence-corrected chi connectivity index (χ1v) is 3.42. The van der Waals surface area contributed by atoms with Crippen LogP contribution in [0.2, 0.25) is 0 Å². The Morgan fingerprint density at radius 2 is 2.18 bits per heavy atom. The third-order valence-electron chi connectivity index (χ3n) is 1.68. The average Bonchev–Trinajstić information content (AvgIpc) is 2.50. The number of fused-ring (bicyclic) bond motifs is 1. The van der Waals surface area contributed by atoms with Crippen molar-refractivity contribution in [3.63, 3.8) is 0 Å². The second-order valence-corrected chi connectivity index (χ2v) is 2.31. The van der Waals surface area contributed by atoms with Gasteiger partial charge in [-0.05, 0) is 17.7 Å². The summed E-state index contributed by atoms with van der Waals surface area (Å²) < 4.78 is 10.1. The fourth-order valence-corrected chi connectivity index (χ4v) is 1.16. The van der Waals surface area contributed by atoms with Gasteiger partial charge in [0.1, 0.15) is 0 Å². The first-order chi connectivity index (χ1) is 5.42. The molecule has 1 aliphatic heterocycles. The molecule has 0 atom stereocenters. The summed E-state index contributed by atoms with van der Waals surface area (Å²) in [5.41, 5.74) is 2.17. The Labute approximate surface area is 64.7 Å². The molecule has 2 rings (SSSR count). The SMILES string of the molecule is COc1occc2cccc1-2. The van der Waals surface area contributed by atoms with E-state index in [0.29, 0.717) is 5.95 Å². The van der Waals surface area contributed by atoms with Crippen LogP contribution in [0.25, 0.3) is 11.1 Å². The highest BCUT2D eigenvalue weighted by Crippen LogP contribution is 2.31. The minimum atomic E-state index is 0.576. The Hall–Kier alpha value is -1.44. The van der Waals surface area contributed by atoms with Gasteiger partial charge in [-0.25, -0.2) is 0 Å². The van der Waals surface area contributed by atoms with Crippen LogP contribution in [0.1, 0.15) is 0 Å². The van der Waals surface area contributed by atoms with E-state index in [1.807, 2.05) is 24.3 Å². The molecule has 11 heavy (non-hydrogen) atoms. The smallest absolute Gasteiger partial charge is 0.292 e. The standard InChI is InChI=1S/C9H8O2/c1-10-9-8-4-2-3-7(8)5-6-11-9/h2-6H,1H3. The van der Waals surface area contributed by atoms with E-state index in [4.69, 9.17) is 9.15 Å². The quantitative estimate of drug-likeness (QED) is 0.619. The van der Waals surface area contributed by atoms with Gasteiger partial charge in [0, 0.05) is 0 Å². The monoisotopic (exact) mass is 148 g/mol. The predicted octanol–water partition coefficient (Wildman–Crippen LogP) is 2.39. The van der Waals surface area contributed by atoms with Crippen LogP contribution >= 0.6 is 0 Å². The van der Waals surface area contributed by atoms with Crippen molar-refractivity contribution in [1.82, 2.24) is 0 Å². The van der Waals surface area contributed by atoms with Crippen LogP contribution in [0.15, 0.2) is 34.9 Å². The van der Waals surface area contributed by atoms with Gasteiger partial charge in [0.2, 0.25) is 0 Å². The molecule has 56 valence electrons. The van der Waals surface area contributed by atoms with Gasteiger partial charge in [0.25, 0.3) is 5.95 Å². The first kappa shape index (κ1) is 6.28. The van der Waals surface area contributed by atoms with Gasteiger partial charge in [-0.2, -0.15) is 0 Å². The largest absolute Gasteiger partial charge is 0.468 e. The highest BCUT2D eigenvalue weighted by molar-refractivity contribution is 5.69. The lowest BCUT2D eigenvalue weighted by Gasteiger charge is -2.02. The summed E-state index contributed by atoms with van der Waals surface area (Å²) in [5.74, 6) is 0.576. The second-order valence-electron chi connectivity index (χ2n) is 2.31. The molecular weight excluding hydrogens is 140 g/mol. The number of methoxy groups -OCH3 is 1.